The summed E-state index contributed by atoms with van der Waals surface area (Å²) in [6.07, 6.45) is 0.766. The lowest BCUT2D eigenvalue weighted by molar-refractivity contribution is -0.120. The molecule has 1 N–H and O–H groups in total. The van der Waals surface area contributed by atoms with Gasteiger partial charge in [0.25, 0.3) is 0 Å². The number of hydrogen-bond donors (Lipinski definition) is 1. The number of fused-ring (bicyclic) bond motifs is 1. The van der Waals surface area contributed by atoms with Gasteiger partial charge in [0.1, 0.15) is 11.5 Å². The van der Waals surface area contributed by atoms with Crippen molar-refractivity contribution in [1.29, 1.82) is 0 Å². The van der Waals surface area contributed by atoms with Crippen LogP contribution >= 0.6 is 11.3 Å². The number of thiazole rings is 1. The van der Waals surface area contributed by atoms with Crippen molar-refractivity contribution in [2.45, 2.75) is 24.7 Å². The Balaban J connectivity index is 1.22. The minimum Gasteiger partial charge on any atom is -0.490 e. The van der Waals surface area contributed by atoms with Gasteiger partial charge in [-0.1, -0.05) is 12.1 Å². The Kier molecular flexibility index (Phi) is 6.78. The normalized spacial score (nSPS) is 15.3. The molecular formula is C25H24FN3O5S2. The number of anilines is 1. The molecule has 0 radical (unpaired) electrons. The summed E-state index contributed by atoms with van der Waals surface area (Å²) in [6, 6.07) is 12.3. The molecule has 1 amide bonds. The number of amides is 1. The third-order valence-electron chi connectivity index (χ3n) is 6.07. The number of piperidine rings is 1. The summed E-state index contributed by atoms with van der Waals surface area (Å²) in [4.78, 5) is 17.4. The number of para-hydroxylation sites is 1. The van der Waals surface area contributed by atoms with Gasteiger partial charge in [-0.3, -0.25) is 4.79 Å². The zero-order valence-electron chi connectivity index (χ0n) is 19.4. The van der Waals surface area contributed by atoms with Gasteiger partial charge in [-0.2, -0.15) is 4.31 Å². The Morgan fingerprint density at radius 3 is 2.69 bits per heavy atom. The molecule has 1 aliphatic heterocycles. The molecule has 1 fully saturated rings. The molecule has 3 heterocycles. The van der Waals surface area contributed by atoms with Crippen molar-refractivity contribution < 1.29 is 26.8 Å². The van der Waals surface area contributed by atoms with E-state index in [2.05, 4.69) is 10.3 Å². The maximum Gasteiger partial charge on any atom is 0.243 e. The van der Waals surface area contributed by atoms with Crippen LogP contribution in [-0.2, 0) is 14.8 Å². The third-order valence-corrected chi connectivity index (χ3v) is 8.74. The summed E-state index contributed by atoms with van der Waals surface area (Å²) in [6.45, 7) is 2.86. The highest BCUT2D eigenvalue weighted by Gasteiger charge is 2.32. The first-order valence-electron chi connectivity index (χ1n) is 11.5. The number of furan rings is 1. The maximum atomic E-state index is 13.2. The van der Waals surface area contributed by atoms with E-state index in [9.17, 15) is 17.6 Å². The third kappa shape index (κ3) is 4.86. The standard InChI is InChI=1S/C25H24FN3O5S2/c1-2-33-21-5-3-4-17-14-22(34-23(17)21)20-15-35-25(27-20)28-24(30)16-10-12-29(13-11-16)36(31,32)19-8-6-18(26)7-9-19/h3-9,14-16H,2,10-13H2,1H3,(H,27,28,30). The van der Waals surface area contributed by atoms with Crippen molar-refractivity contribution in [3.63, 3.8) is 0 Å². The molecule has 0 saturated carbocycles. The zero-order chi connectivity index (χ0) is 25.3. The molecule has 2 aromatic heterocycles. The Labute approximate surface area is 211 Å². The number of nitrogens with one attached hydrogen (secondary N) is 1. The molecule has 188 valence electrons. The number of carbonyl (C=O) groups is 1. The number of halogens is 1. The van der Waals surface area contributed by atoms with E-state index in [1.54, 1.807) is 0 Å². The molecule has 0 atom stereocenters. The molecule has 1 aliphatic rings. The molecule has 4 aromatic rings. The van der Waals surface area contributed by atoms with Crippen molar-refractivity contribution in [1.82, 2.24) is 9.29 Å². The quantitative estimate of drug-likeness (QED) is 0.356. The molecular weight excluding hydrogens is 505 g/mol. The van der Waals surface area contributed by atoms with Crippen molar-refractivity contribution in [2.24, 2.45) is 5.92 Å². The van der Waals surface area contributed by atoms with E-state index in [1.165, 1.54) is 27.8 Å². The summed E-state index contributed by atoms with van der Waals surface area (Å²) in [7, 11) is -3.73. The summed E-state index contributed by atoms with van der Waals surface area (Å²) < 4.78 is 51.7. The smallest absolute Gasteiger partial charge is 0.243 e. The van der Waals surface area contributed by atoms with Gasteiger partial charge < -0.3 is 14.5 Å². The van der Waals surface area contributed by atoms with Crippen LogP contribution in [0.1, 0.15) is 19.8 Å². The molecule has 36 heavy (non-hydrogen) atoms. The van der Waals surface area contributed by atoms with Crippen LogP contribution in [0.5, 0.6) is 5.75 Å². The second-order valence-corrected chi connectivity index (χ2v) is 11.2. The number of carbonyl (C=O) groups excluding carboxylic acids is 1. The van der Waals surface area contributed by atoms with E-state index >= 15 is 0 Å². The molecule has 8 nitrogen and oxygen atoms in total. The summed E-state index contributed by atoms with van der Waals surface area (Å²) >= 11 is 1.29. The zero-order valence-corrected chi connectivity index (χ0v) is 21.1. The maximum absolute atomic E-state index is 13.2. The van der Waals surface area contributed by atoms with E-state index in [0.29, 0.717) is 47.4 Å². The molecule has 0 bridgehead atoms. The molecule has 0 aliphatic carbocycles. The van der Waals surface area contributed by atoms with Crippen LogP contribution in [0.3, 0.4) is 0 Å². The highest BCUT2D eigenvalue weighted by molar-refractivity contribution is 7.89. The van der Waals surface area contributed by atoms with Gasteiger partial charge in [-0.15, -0.1) is 11.3 Å². The molecule has 0 unspecified atom stereocenters. The second kappa shape index (κ2) is 10.00. The number of aromatic nitrogens is 1. The predicted molar refractivity (Wildman–Crippen MR) is 135 cm³/mol. The van der Waals surface area contributed by atoms with E-state index in [0.717, 1.165) is 17.5 Å². The first-order chi connectivity index (χ1) is 17.3. The molecule has 2 aromatic carbocycles. The number of sulfonamides is 1. The van der Waals surface area contributed by atoms with Crippen LogP contribution in [0.15, 0.2) is 63.2 Å². The highest BCUT2D eigenvalue weighted by atomic mass is 32.2. The summed E-state index contributed by atoms with van der Waals surface area (Å²) in [5.74, 6) is 0.214. The fourth-order valence-corrected chi connectivity index (χ4v) is 6.37. The Hall–Kier alpha value is -3.28. The van der Waals surface area contributed by atoms with Crippen LogP contribution in [0.25, 0.3) is 22.4 Å². The van der Waals surface area contributed by atoms with Crippen LogP contribution in [0.2, 0.25) is 0 Å². The highest BCUT2D eigenvalue weighted by Crippen LogP contribution is 2.35. The van der Waals surface area contributed by atoms with Gasteiger partial charge in [0, 0.05) is 29.8 Å². The van der Waals surface area contributed by atoms with Gasteiger partial charge in [-0.05, 0) is 56.2 Å². The lowest BCUT2D eigenvalue weighted by atomic mass is 9.97. The van der Waals surface area contributed by atoms with Gasteiger partial charge in [0.05, 0.1) is 11.5 Å². The Bertz CT molecular complexity index is 1490. The average Bonchev–Trinajstić information content (AvgIpc) is 3.52. The molecule has 5 rings (SSSR count). The van der Waals surface area contributed by atoms with Crippen LogP contribution < -0.4 is 10.1 Å². The van der Waals surface area contributed by atoms with Crippen molar-refractivity contribution in [3.8, 4) is 17.2 Å². The number of benzene rings is 2. The monoisotopic (exact) mass is 529 g/mol. The minimum atomic E-state index is -3.73. The fourth-order valence-electron chi connectivity index (χ4n) is 4.20. The number of ether oxygens (including phenoxy) is 1. The van der Waals surface area contributed by atoms with Gasteiger partial charge in [0.2, 0.25) is 15.9 Å². The summed E-state index contributed by atoms with van der Waals surface area (Å²) in [5.41, 5.74) is 1.25. The number of nitrogens with zero attached hydrogens (tertiary/aromatic N) is 2. The van der Waals surface area contributed by atoms with Crippen molar-refractivity contribution in [3.05, 3.63) is 59.7 Å². The summed E-state index contributed by atoms with van der Waals surface area (Å²) in [5, 5.41) is 6.01. The van der Waals surface area contributed by atoms with Crippen LogP contribution in [0, 0.1) is 11.7 Å². The van der Waals surface area contributed by atoms with E-state index in [-0.39, 0.29) is 29.8 Å². The van der Waals surface area contributed by atoms with E-state index < -0.39 is 15.8 Å². The minimum absolute atomic E-state index is 0.0427. The van der Waals surface area contributed by atoms with Gasteiger partial charge >= 0.3 is 0 Å². The molecule has 11 heteroatoms. The second-order valence-electron chi connectivity index (χ2n) is 8.38. The first kappa shape index (κ1) is 24.4. The number of rotatable bonds is 7. The van der Waals surface area contributed by atoms with E-state index in [4.69, 9.17) is 9.15 Å². The van der Waals surface area contributed by atoms with Crippen molar-refractivity contribution >= 4 is 43.4 Å². The van der Waals surface area contributed by atoms with Gasteiger partial charge in [-0.25, -0.2) is 17.8 Å². The Morgan fingerprint density at radius 2 is 1.97 bits per heavy atom. The van der Waals surface area contributed by atoms with Crippen molar-refractivity contribution in [2.75, 3.05) is 25.0 Å². The SMILES string of the molecule is CCOc1cccc2cc(-c3csc(NC(=O)C4CCN(S(=O)(=O)c5ccc(F)cc5)CC4)n3)oc12. The molecule has 0 spiro atoms. The average molecular weight is 530 g/mol. The van der Waals surface area contributed by atoms with Crippen LogP contribution in [-0.4, -0.2) is 43.3 Å². The first-order valence-corrected chi connectivity index (χ1v) is 13.8. The molecule has 1 saturated heterocycles. The topological polar surface area (TPSA) is 102 Å². The lowest BCUT2D eigenvalue weighted by Crippen LogP contribution is -2.41. The fraction of sp³-hybridized carbons (Fsp3) is 0.280. The predicted octanol–water partition coefficient (Wildman–Crippen LogP) is 5.13. The number of hydrogen-bond acceptors (Lipinski definition) is 7. The van der Waals surface area contributed by atoms with Gasteiger partial charge in [0.15, 0.2) is 22.2 Å². The van der Waals surface area contributed by atoms with E-state index in [1.807, 2.05) is 36.6 Å². The Morgan fingerprint density at radius 1 is 1.22 bits per heavy atom. The van der Waals surface area contributed by atoms with Crippen LogP contribution in [0.4, 0.5) is 9.52 Å². The lowest BCUT2D eigenvalue weighted by Gasteiger charge is -2.30. The largest absolute Gasteiger partial charge is 0.490 e.